The standard InChI is InChI=1S/C17H29NO/c1-5-6-7-10-13-19-16-12-9-8-11-15(16)14-18-17(2,3)4/h8-9,11-12,18H,5-7,10,13-14H2,1-4H3. The zero-order chi connectivity index (χ0) is 14.1. The fraction of sp³-hybridized carbons (Fsp3) is 0.647. The van der Waals surface area contributed by atoms with Gasteiger partial charge in [0.2, 0.25) is 0 Å². The molecule has 19 heavy (non-hydrogen) atoms. The van der Waals surface area contributed by atoms with Crippen LogP contribution in [0.5, 0.6) is 5.75 Å². The molecule has 1 rings (SSSR count). The van der Waals surface area contributed by atoms with Crippen molar-refractivity contribution in [3.8, 4) is 5.75 Å². The lowest BCUT2D eigenvalue weighted by molar-refractivity contribution is 0.299. The van der Waals surface area contributed by atoms with E-state index < -0.39 is 0 Å². The van der Waals surface area contributed by atoms with Crippen molar-refractivity contribution in [2.24, 2.45) is 0 Å². The van der Waals surface area contributed by atoms with E-state index in [1.54, 1.807) is 0 Å². The summed E-state index contributed by atoms with van der Waals surface area (Å²) in [5.74, 6) is 1.02. The lowest BCUT2D eigenvalue weighted by Crippen LogP contribution is -2.35. The summed E-state index contributed by atoms with van der Waals surface area (Å²) in [5, 5.41) is 3.51. The largest absolute Gasteiger partial charge is 0.493 e. The highest BCUT2D eigenvalue weighted by molar-refractivity contribution is 5.33. The molecular formula is C17H29NO. The van der Waals surface area contributed by atoms with Gasteiger partial charge in [-0.05, 0) is 33.3 Å². The lowest BCUT2D eigenvalue weighted by Gasteiger charge is -2.21. The minimum Gasteiger partial charge on any atom is -0.493 e. The van der Waals surface area contributed by atoms with Gasteiger partial charge in [0.15, 0.2) is 0 Å². The highest BCUT2D eigenvalue weighted by Gasteiger charge is 2.10. The van der Waals surface area contributed by atoms with Crippen molar-refractivity contribution in [2.45, 2.75) is 65.5 Å². The fourth-order valence-electron chi connectivity index (χ4n) is 1.86. The van der Waals surface area contributed by atoms with E-state index in [9.17, 15) is 0 Å². The van der Waals surface area contributed by atoms with Gasteiger partial charge in [0.1, 0.15) is 5.75 Å². The Balaban J connectivity index is 2.44. The van der Waals surface area contributed by atoms with Crippen LogP contribution >= 0.6 is 0 Å². The molecule has 108 valence electrons. The van der Waals surface area contributed by atoms with Gasteiger partial charge in [-0.1, -0.05) is 44.4 Å². The second-order valence-corrected chi connectivity index (χ2v) is 6.12. The lowest BCUT2D eigenvalue weighted by atomic mass is 10.1. The Kier molecular flexibility index (Phi) is 6.93. The van der Waals surface area contributed by atoms with E-state index in [1.165, 1.54) is 24.8 Å². The number of hydrogen-bond acceptors (Lipinski definition) is 2. The van der Waals surface area contributed by atoms with Crippen LogP contribution < -0.4 is 10.1 Å². The second kappa shape index (κ2) is 8.21. The molecule has 0 aliphatic heterocycles. The molecule has 0 amide bonds. The molecule has 0 heterocycles. The van der Waals surface area contributed by atoms with E-state index in [4.69, 9.17) is 4.74 Å². The maximum atomic E-state index is 5.91. The van der Waals surface area contributed by atoms with Crippen LogP contribution in [0.3, 0.4) is 0 Å². The maximum Gasteiger partial charge on any atom is 0.123 e. The van der Waals surface area contributed by atoms with Gasteiger partial charge in [-0.2, -0.15) is 0 Å². The van der Waals surface area contributed by atoms with Gasteiger partial charge < -0.3 is 10.1 Å². The summed E-state index contributed by atoms with van der Waals surface area (Å²) < 4.78 is 5.91. The van der Waals surface area contributed by atoms with Gasteiger partial charge in [0.05, 0.1) is 6.61 Å². The molecule has 0 atom stereocenters. The predicted octanol–water partition coefficient (Wildman–Crippen LogP) is 4.53. The molecule has 0 aliphatic carbocycles. The Hall–Kier alpha value is -1.02. The van der Waals surface area contributed by atoms with Crippen molar-refractivity contribution in [2.75, 3.05) is 6.61 Å². The van der Waals surface area contributed by atoms with Crippen LogP contribution in [-0.4, -0.2) is 12.1 Å². The van der Waals surface area contributed by atoms with Crippen molar-refractivity contribution in [1.82, 2.24) is 5.32 Å². The summed E-state index contributed by atoms with van der Waals surface area (Å²) in [7, 11) is 0. The summed E-state index contributed by atoms with van der Waals surface area (Å²) in [6.07, 6.45) is 4.98. The van der Waals surface area contributed by atoms with Gasteiger partial charge in [-0.3, -0.25) is 0 Å². The summed E-state index contributed by atoms with van der Waals surface area (Å²) >= 11 is 0. The molecule has 0 saturated heterocycles. The number of hydrogen-bond donors (Lipinski definition) is 1. The Morgan fingerprint density at radius 1 is 1.05 bits per heavy atom. The first kappa shape index (κ1) is 16.0. The Morgan fingerprint density at radius 3 is 2.47 bits per heavy atom. The summed E-state index contributed by atoms with van der Waals surface area (Å²) in [6, 6.07) is 8.32. The minimum atomic E-state index is 0.133. The zero-order valence-corrected chi connectivity index (χ0v) is 13.0. The van der Waals surface area contributed by atoms with Crippen molar-refractivity contribution in [3.05, 3.63) is 29.8 Å². The van der Waals surface area contributed by atoms with E-state index in [0.717, 1.165) is 25.3 Å². The fourth-order valence-corrected chi connectivity index (χ4v) is 1.86. The molecule has 0 fully saturated rings. The van der Waals surface area contributed by atoms with Crippen molar-refractivity contribution in [3.63, 3.8) is 0 Å². The molecule has 0 saturated carbocycles. The van der Waals surface area contributed by atoms with Crippen LogP contribution in [0.2, 0.25) is 0 Å². The molecule has 1 aromatic carbocycles. The van der Waals surface area contributed by atoms with Crippen LogP contribution in [0.15, 0.2) is 24.3 Å². The maximum absolute atomic E-state index is 5.91. The molecule has 0 unspecified atom stereocenters. The molecule has 0 spiro atoms. The molecular weight excluding hydrogens is 234 g/mol. The Bertz CT molecular complexity index is 355. The number of rotatable bonds is 8. The molecule has 2 nitrogen and oxygen atoms in total. The van der Waals surface area contributed by atoms with Crippen molar-refractivity contribution in [1.29, 1.82) is 0 Å². The van der Waals surface area contributed by atoms with Gasteiger partial charge in [0, 0.05) is 17.6 Å². The summed E-state index contributed by atoms with van der Waals surface area (Å²) in [6.45, 7) is 10.5. The van der Waals surface area contributed by atoms with E-state index in [1.807, 2.05) is 6.07 Å². The highest BCUT2D eigenvalue weighted by atomic mass is 16.5. The third-order valence-electron chi connectivity index (χ3n) is 3.04. The van der Waals surface area contributed by atoms with Gasteiger partial charge in [-0.25, -0.2) is 0 Å². The quantitative estimate of drug-likeness (QED) is 0.696. The third-order valence-corrected chi connectivity index (χ3v) is 3.04. The van der Waals surface area contributed by atoms with Crippen LogP contribution in [0.25, 0.3) is 0 Å². The topological polar surface area (TPSA) is 21.3 Å². The first-order valence-electron chi connectivity index (χ1n) is 7.48. The molecule has 0 aromatic heterocycles. The van der Waals surface area contributed by atoms with Gasteiger partial charge in [-0.15, -0.1) is 0 Å². The Morgan fingerprint density at radius 2 is 1.79 bits per heavy atom. The molecule has 0 aliphatic rings. The summed E-state index contributed by atoms with van der Waals surface area (Å²) in [5.41, 5.74) is 1.38. The molecule has 1 aromatic rings. The van der Waals surface area contributed by atoms with Crippen LogP contribution in [-0.2, 0) is 6.54 Å². The predicted molar refractivity (Wildman–Crippen MR) is 82.7 cm³/mol. The number of unbranched alkanes of at least 4 members (excludes halogenated alkanes) is 3. The SMILES string of the molecule is CCCCCCOc1ccccc1CNC(C)(C)C. The number of ether oxygens (including phenoxy) is 1. The molecule has 0 bridgehead atoms. The number of nitrogens with one attached hydrogen (secondary N) is 1. The molecule has 1 N–H and O–H groups in total. The van der Waals surface area contributed by atoms with E-state index in [0.29, 0.717) is 0 Å². The highest BCUT2D eigenvalue weighted by Crippen LogP contribution is 2.19. The summed E-state index contributed by atoms with van der Waals surface area (Å²) in [4.78, 5) is 0. The average molecular weight is 263 g/mol. The first-order chi connectivity index (χ1) is 9.03. The second-order valence-electron chi connectivity index (χ2n) is 6.12. The van der Waals surface area contributed by atoms with E-state index >= 15 is 0 Å². The van der Waals surface area contributed by atoms with Crippen LogP contribution in [0.1, 0.15) is 58.9 Å². The molecule has 2 heteroatoms. The van der Waals surface area contributed by atoms with E-state index in [-0.39, 0.29) is 5.54 Å². The Labute approximate surface area is 118 Å². The van der Waals surface area contributed by atoms with E-state index in [2.05, 4.69) is 51.2 Å². The molecule has 0 radical (unpaired) electrons. The first-order valence-corrected chi connectivity index (χ1v) is 7.48. The number of para-hydroxylation sites is 1. The third kappa shape index (κ3) is 7.22. The minimum absolute atomic E-state index is 0.133. The van der Waals surface area contributed by atoms with Crippen molar-refractivity contribution >= 4 is 0 Å². The van der Waals surface area contributed by atoms with Crippen molar-refractivity contribution < 1.29 is 4.74 Å². The average Bonchev–Trinajstić information content (AvgIpc) is 2.36. The number of benzene rings is 1. The monoisotopic (exact) mass is 263 g/mol. The smallest absolute Gasteiger partial charge is 0.123 e. The van der Waals surface area contributed by atoms with Crippen LogP contribution in [0, 0.1) is 0 Å². The van der Waals surface area contributed by atoms with Crippen LogP contribution in [0.4, 0.5) is 0 Å². The zero-order valence-electron chi connectivity index (χ0n) is 13.0. The van der Waals surface area contributed by atoms with Gasteiger partial charge in [0.25, 0.3) is 0 Å². The van der Waals surface area contributed by atoms with Gasteiger partial charge >= 0.3 is 0 Å². The normalized spacial score (nSPS) is 11.6.